The van der Waals surface area contributed by atoms with Crippen LogP contribution in [0.5, 0.6) is 0 Å². The van der Waals surface area contributed by atoms with E-state index in [0.717, 1.165) is 0 Å². The van der Waals surface area contributed by atoms with Crippen LogP contribution in [-0.2, 0) is 0 Å². The fraction of sp³-hybridized carbons (Fsp3) is 0.182. The minimum Gasteiger partial charge on any atom is -0.427 e. The van der Waals surface area contributed by atoms with Gasteiger partial charge in [0.05, 0.1) is 5.69 Å². The van der Waals surface area contributed by atoms with Crippen molar-refractivity contribution < 1.29 is 8.81 Å². The highest BCUT2D eigenvalue weighted by Crippen LogP contribution is 2.27. The summed E-state index contributed by atoms with van der Waals surface area (Å²) in [6, 6.07) is 4.89. The van der Waals surface area contributed by atoms with E-state index in [1.807, 2.05) is 0 Å². The number of aromatic nitrogens is 1. The molecule has 0 radical (unpaired) electrons. The highest BCUT2D eigenvalue weighted by atomic mass is 35.5. The molecule has 1 heterocycles. The van der Waals surface area contributed by atoms with E-state index >= 15 is 0 Å². The number of nitrogens with zero attached hydrogens (tertiary/aromatic N) is 1. The van der Waals surface area contributed by atoms with Gasteiger partial charge in [0, 0.05) is 5.56 Å². The summed E-state index contributed by atoms with van der Waals surface area (Å²) in [6.07, 6.45) is 0. The van der Waals surface area contributed by atoms with Crippen LogP contribution in [0.1, 0.15) is 11.3 Å². The summed E-state index contributed by atoms with van der Waals surface area (Å²) in [7, 11) is 0. The molecule has 0 fully saturated rings. The first kappa shape index (κ1) is 10.2. The first-order chi connectivity index (χ1) is 7.08. The zero-order valence-electron chi connectivity index (χ0n) is 8.34. The largest absolute Gasteiger partial charge is 0.427 e. The predicted molar refractivity (Wildman–Crippen MR) is 56.4 cm³/mol. The second-order valence-corrected chi connectivity index (χ2v) is 3.67. The fourth-order valence-electron chi connectivity index (χ4n) is 1.37. The minimum atomic E-state index is -0.264. The Bertz CT molecular complexity index is 507. The van der Waals surface area contributed by atoms with Gasteiger partial charge in [-0.05, 0) is 37.1 Å². The third-order valence-corrected chi connectivity index (χ3v) is 2.37. The van der Waals surface area contributed by atoms with Gasteiger partial charge >= 0.3 is 0 Å². The van der Waals surface area contributed by atoms with Crippen LogP contribution in [0.2, 0.25) is 5.35 Å². The van der Waals surface area contributed by atoms with Crippen LogP contribution in [0, 0.1) is 19.7 Å². The summed E-state index contributed by atoms with van der Waals surface area (Å²) in [5.74, 6) is 0.248. The lowest BCUT2D eigenvalue weighted by atomic mass is 10.1. The number of aryl methyl sites for hydroxylation is 2. The monoisotopic (exact) mass is 225 g/mol. The van der Waals surface area contributed by atoms with E-state index in [1.54, 1.807) is 26.0 Å². The van der Waals surface area contributed by atoms with Crippen molar-refractivity contribution in [2.45, 2.75) is 13.8 Å². The molecule has 2 rings (SSSR count). The van der Waals surface area contributed by atoms with Gasteiger partial charge in [0.15, 0.2) is 5.76 Å². The number of halogens is 2. The van der Waals surface area contributed by atoms with Crippen LogP contribution in [0.3, 0.4) is 0 Å². The number of rotatable bonds is 1. The molecule has 1 aromatic carbocycles. The highest BCUT2D eigenvalue weighted by Gasteiger charge is 2.11. The van der Waals surface area contributed by atoms with Crippen LogP contribution in [-0.4, -0.2) is 4.98 Å². The molecule has 0 saturated carbocycles. The lowest BCUT2D eigenvalue weighted by Crippen LogP contribution is -1.84. The summed E-state index contributed by atoms with van der Waals surface area (Å²) >= 11 is 5.62. The standard InChI is InChI=1S/C11H9ClFNO/c1-6-3-4-8(5-9(6)13)10-7(2)14-11(12)15-10/h3-5H,1-2H3. The Morgan fingerprint density at radius 1 is 1.33 bits per heavy atom. The Morgan fingerprint density at radius 2 is 2.07 bits per heavy atom. The number of hydrogen-bond acceptors (Lipinski definition) is 2. The van der Waals surface area contributed by atoms with Gasteiger partial charge in [-0.25, -0.2) is 9.37 Å². The zero-order chi connectivity index (χ0) is 11.0. The van der Waals surface area contributed by atoms with Crippen LogP contribution in [0.15, 0.2) is 22.6 Å². The molecule has 0 aliphatic carbocycles. The molecule has 0 atom stereocenters. The molecule has 0 bridgehead atoms. The third-order valence-electron chi connectivity index (χ3n) is 2.20. The van der Waals surface area contributed by atoms with Crippen molar-refractivity contribution in [2.24, 2.45) is 0 Å². The molecule has 2 nitrogen and oxygen atoms in total. The molecule has 1 aromatic heterocycles. The molecule has 78 valence electrons. The summed E-state index contributed by atoms with van der Waals surface area (Å²) in [5, 5.41) is 0.0727. The van der Waals surface area contributed by atoms with Crippen LogP contribution < -0.4 is 0 Å². The fourth-order valence-corrected chi connectivity index (χ4v) is 1.57. The van der Waals surface area contributed by atoms with Gasteiger partial charge in [-0.2, -0.15) is 0 Å². The Kier molecular flexibility index (Phi) is 2.49. The maximum absolute atomic E-state index is 13.3. The summed E-state index contributed by atoms with van der Waals surface area (Å²) in [4.78, 5) is 3.92. The molecular weight excluding hydrogens is 217 g/mol. The van der Waals surface area contributed by atoms with E-state index in [0.29, 0.717) is 22.6 Å². The second kappa shape index (κ2) is 3.66. The SMILES string of the molecule is Cc1ccc(-c2oc(Cl)nc2C)cc1F. The van der Waals surface area contributed by atoms with Gasteiger partial charge in [-0.3, -0.25) is 0 Å². The highest BCUT2D eigenvalue weighted by molar-refractivity contribution is 6.27. The maximum atomic E-state index is 13.3. The normalized spacial score (nSPS) is 10.7. The van der Waals surface area contributed by atoms with Crippen LogP contribution >= 0.6 is 11.6 Å². The van der Waals surface area contributed by atoms with Gasteiger partial charge in [0.1, 0.15) is 5.82 Å². The van der Waals surface area contributed by atoms with Crippen molar-refractivity contribution in [1.29, 1.82) is 0 Å². The molecule has 2 aromatic rings. The van der Waals surface area contributed by atoms with Gasteiger partial charge in [-0.15, -0.1) is 0 Å². The molecular formula is C11H9ClFNO. The van der Waals surface area contributed by atoms with Crippen molar-refractivity contribution in [3.63, 3.8) is 0 Å². The smallest absolute Gasteiger partial charge is 0.292 e. The quantitative estimate of drug-likeness (QED) is 0.739. The van der Waals surface area contributed by atoms with Gasteiger partial charge in [0.2, 0.25) is 0 Å². The lowest BCUT2D eigenvalue weighted by molar-refractivity contribution is 0.571. The number of oxazole rings is 1. The van der Waals surface area contributed by atoms with E-state index in [-0.39, 0.29) is 11.2 Å². The van der Waals surface area contributed by atoms with Gasteiger partial charge < -0.3 is 4.42 Å². The second-order valence-electron chi connectivity index (χ2n) is 3.35. The Balaban J connectivity index is 2.54. The molecule has 4 heteroatoms. The van der Waals surface area contributed by atoms with E-state index < -0.39 is 0 Å². The molecule has 0 saturated heterocycles. The van der Waals surface area contributed by atoms with Gasteiger partial charge in [-0.1, -0.05) is 12.1 Å². The first-order valence-electron chi connectivity index (χ1n) is 4.47. The van der Waals surface area contributed by atoms with Crippen LogP contribution in [0.25, 0.3) is 11.3 Å². The zero-order valence-corrected chi connectivity index (χ0v) is 9.10. The Labute approximate surface area is 91.7 Å². The molecule has 0 N–H and O–H groups in total. The molecule has 0 unspecified atom stereocenters. The van der Waals surface area contributed by atoms with Crippen molar-refractivity contribution in [3.8, 4) is 11.3 Å². The van der Waals surface area contributed by atoms with E-state index in [4.69, 9.17) is 16.0 Å². The van der Waals surface area contributed by atoms with Crippen molar-refractivity contribution in [2.75, 3.05) is 0 Å². The van der Waals surface area contributed by atoms with Crippen molar-refractivity contribution >= 4 is 11.6 Å². The average Bonchev–Trinajstić information content (AvgIpc) is 2.50. The van der Waals surface area contributed by atoms with E-state index in [1.165, 1.54) is 6.07 Å². The molecule has 15 heavy (non-hydrogen) atoms. The minimum absolute atomic E-state index is 0.0727. The topological polar surface area (TPSA) is 26.0 Å². The molecule has 0 aliphatic heterocycles. The van der Waals surface area contributed by atoms with Crippen molar-refractivity contribution in [3.05, 3.63) is 40.6 Å². The van der Waals surface area contributed by atoms with E-state index in [9.17, 15) is 4.39 Å². The predicted octanol–water partition coefficient (Wildman–Crippen LogP) is 3.75. The Hall–Kier alpha value is -1.35. The summed E-state index contributed by atoms with van der Waals surface area (Å²) in [5.41, 5.74) is 1.90. The maximum Gasteiger partial charge on any atom is 0.292 e. The molecule has 0 aliphatic rings. The van der Waals surface area contributed by atoms with Crippen LogP contribution in [0.4, 0.5) is 4.39 Å². The van der Waals surface area contributed by atoms with Gasteiger partial charge in [0.25, 0.3) is 5.35 Å². The molecule has 0 amide bonds. The molecule has 0 spiro atoms. The lowest BCUT2D eigenvalue weighted by Gasteiger charge is -2.00. The number of benzene rings is 1. The van der Waals surface area contributed by atoms with Crippen molar-refractivity contribution in [1.82, 2.24) is 4.98 Å². The van der Waals surface area contributed by atoms with E-state index in [2.05, 4.69) is 4.98 Å². The number of hydrogen-bond donors (Lipinski definition) is 0. The first-order valence-corrected chi connectivity index (χ1v) is 4.85. The Morgan fingerprint density at radius 3 is 2.60 bits per heavy atom. The summed E-state index contributed by atoms with van der Waals surface area (Å²) in [6.45, 7) is 3.47. The summed E-state index contributed by atoms with van der Waals surface area (Å²) < 4.78 is 18.5. The third kappa shape index (κ3) is 1.88. The average molecular weight is 226 g/mol.